The standard InChI is InChI=1S/C14H18BrClN4/c1-3-11-14(15)13(20(2)19-11)8-12(18-17)9-6-4-5-7-10(9)16/h4-7,12,18H,3,8,17H2,1-2H3. The molecule has 0 bridgehead atoms. The Morgan fingerprint density at radius 1 is 1.45 bits per heavy atom. The number of aryl methyl sites for hydroxylation is 2. The Bertz CT molecular complexity index is 597. The lowest BCUT2D eigenvalue weighted by Gasteiger charge is -2.18. The summed E-state index contributed by atoms with van der Waals surface area (Å²) >= 11 is 9.87. The van der Waals surface area contributed by atoms with Crippen LogP contribution in [0.15, 0.2) is 28.7 Å². The molecule has 0 spiro atoms. The Hall–Kier alpha value is -0.880. The average Bonchev–Trinajstić information content (AvgIpc) is 2.72. The maximum atomic E-state index is 6.25. The summed E-state index contributed by atoms with van der Waals surface area (Å²) < 4.78 is 2.94. The SMILES string of the molecule is CCc1nn(C)c(CC(NN)c2ccccc2Cl)c1Br. The molecule has 2 rings (SSSR count). The van der Waals surface area contributed by atoms with Gasteiger partial charge in [0.2, 0.25) is 0 Å². The van der Waals surface area contributed by atoms with Crippen molar-refractivity contribution in [2.24, 2.45) is 12.9 Å². The van der Waals surface area contributed by atoms with Crippen LogP contribution >= 0.6 is 27.5 Å². The van der Waals surface area contributed by atoms with E-state index in [0.717, 1.165) is 27.8 Å². The highest BCUT2D eigenvalue weighted by Gasteiger charge is 2.19. The first kappa shape index (κ1) is 15.5. The molecule has 20 heavy (non-hydrogen) atoms. The van der Waals surface area contributed by atoms with Gasteiger partial charge >= 0.3 is 0 Å². The van der Waals surface area contributed by atoms with E-state index < -0.39 is 0 Å². The van der Waals surface area contributed by atoms with Crippen molar-refractivity contribution in [1.29, 1.82) is 0 Å². The smallest absolute Gasteiger partial charge is 0.0766 e. The lowest BCUT2D eigenvalue weighted by atomic mass is 10.0. The topological polar surface area (TPSA) is 55.9 Å². The molecule has 0 saturated heterocycles. The summed E-state index contributed by atoms with van der Waals surface area (Å²) in [6, 6.07) is 7.67. The second-order valence-electron chi connectivity index (χ2n) is 4.63. The van der Waals surface area contributed by atoms with Gasteiger partial charge in [-0.1, -0.05) is 36.7 Å². The van der Waals surface area contributed by atoms with Crippen molar-refractivity contribution >= 4 is 27.5 Å². The number of hydrogen-bond donors (Lipinski definition) is 2. The third-order valence-electron chi connectivity index (χ3n) is 3.38. The molecule has 108 valence electrons. The van der Waals surface area contributed by atoms with Crippen LogP contribution in [0.4, 0.5) is 0 Å². The van der Waals surface area contributed by atoms with Crippen LogP contribution in [0.3, 0.4) is 0 Å². The predicted molar refractivity (Wildman–Crippen MR) is 85.5 cm³/mol. The van der Waals surface area contributed by atoms with Gasteiger partial charge in [0.15, 0.2) is 0 Å². The Balaban J connectivity index is 2.32. The van der Waals surface area contributed by atoms with Gasteiger partial charge in [-0.15, -0.1) is 0 Å². The van der Waals surface area contributed by atoms with Gasteiger partial charge in [0.25, 0.3) is 0 Å². The molecule has 1 aromatic heterocycles. The first-order valence-electron chi connectivity index (χ1n) is 6.49. The van der Waals surface area contributed by atoms with Crippen LogP contribution in [0, 0.1) is 0 Å². The Labute approximate surface area is 132 Å². The predicted octanol–water partition coefficient (Wildman–Crippen LogP) is 3.15. The molecule has 0 aliphatic heterocycles. The van der Waals surface area contributed by atoms with Gasteiger partial charge in [-0.2, -0.15) is 5.10 Å². The summed E-state index contributed by atoms with van der Waals surface area (Å²) in [7, 11) is 1.94. The molecule has 4 nitrogen and oxygen atoms in total. The van der Waals surface area contributed by atoms with E-state index in [-0.39, 0.29) is 6.04 Å². The zero-order valence-electron chi connectivity index (χ0n) is 11.5. The number of nitrogens with one attached hydrogen (secondary N) is 1. The number of hydrazine groups is 1. The summed E-state index contributed by atoms with van der Waals surface area (Å²) in [6.07, 6.45) is 1.60. The molecular formula is C14H18BrClN4. The third-order valence-corrected chi connectivity index (χ3v) is 4.64. The van der Waals surface area contributed by atoms with Crippen LogP contribution in [0.25, 0.3) is 0 Å². The minimum Gasteiger partial charge on any atom is -0.271 e. The van der Waals surface area contributed by atoms with Crippen molar-refractivity contribution in [1.82, 2.24) is 15.2 Å². The fraction of sp³-hybridized carbons (Fsp3) is 0.357. The number of nitrogens with zero attached hydrogens (tertiary/aromatic N) is 2. The van der Waals surface area contributed by atoms with Crippen LogP contribution in [-0.2, 0) is 19.9 Å². The molecule has 1 aromatic carbocycles. The fourth-order valence-electron chi connectivity index (χ4n) is 2.25. The van der Waals surface area contributed by atoms with E-state index in [2.05, 4.69) is 33.4 Å². The van der Waals surface area contributed by atoms with E-state index in [1.807, 2.05) is 36.0 Å². The summed E-state index contributed by atoms with van der Waals surface area (Å²) in [5.41, 5.74) is 5.99. The molecule has 3 N–H and O–H groups in total. The van der Waals surface area contributed by atoms with E-state index in [1.165, 1.54) is 0 Å². The minimum atomic E-state index is -0.0555. The van der Waals surface area contributed by atoms with Gasteiger partial charge in [-0.05, 0) is 34.0 Å². The Morgan fingerprint density at radius 3 is 2.70 bits per heavy atom. The van der Waals surface area contributed by atoms with Gasteiger partial charge in [-0.3, -0.25) is 16.0 Å². The third kappa shape index (κ3) is 3.06. The highest BCUT2D eigenvalue weighted by molar-refractivity contribution is 9.10. The van der Waals surface area contributed by atoms with Crippen molar-refractivity contribution < 1.29 is 0 Å². The first-order chi connectivity index (χ1) is 9.58. The largest absolute Gasteiger partial charge is 0.271 e. The highest BCUT2D eigenvalue weighted by Crippen LogP contribution is 2.29. The molecule has 1 unspecified atom stereocenters. The van der Waals surface area contributed by atoms with E-state index >= 15 is 0 Å². The molecule has 2 aromatic rings. The fourth-order valence-corrected chi connectivity index (χ4v) is 3.30. The summed E-state index contributed by atoms with van der Waals surface area (Å²) in [5.74, 6) is 5.71. The first-order valence-corrected chi connectivity index (χ1v) is 7.66. The van der Waals surface area contributed by atoms with Gasteiger partial charge < -0.3 is 0 Å². The normalized spacial score (nSPS) is 12.7. The van der Waals surface area contributed by atoms with Crippen molar-refractivity contribution in [2.45, 2.75) is 25.8 Å². The van der Waals surface area contributed by atoms with Crippen LogP contribution in [-0.4, -0.2) is 9.78 Å². The quantitative estimate of drug-likeness (QED) is 0.638. The highest BCUT2D eigenvalue weighted by atomic mass is 79.9. The maximum absolute atomic E-state index is 6.25. The Morgan fingerprint density at radius 2 is 2.15 bits per heavy atom. The van der Waals surface area contributed by atoms with E-state index in [4.69, 9.17) is 17.4 Å². The maximum Gasteiger partial charge on any atom is 0.0766 e. The minimum absolute atomic E-state index is 0.0555. The van der Waals surface area contributed by atoms with E-state index in [0.29, 0.717) is 11.4 Å². The zero-order valence-corrected chi connectivity index (χ0v) is 13.9. The number of hydrogen-bond acceptors (Lipinski definition) is 3. The van der Waals surface area contributed by atoms with Gasteiger partial charge in [0.1, 0.15) is 0 Å². The molecule has 0 fully saturated rings. The van der Waals surface area contributed by atoms with Crippen LogP contribution < -0.4 is 11.3 Å². The second-order valence-corrected chi connectivity index (χ2v) is 5.83. The van der Waals surface area contributed by atoms with E-state index in [9.17, 15) is 0 Å². The molecule has 1 atom stereocenters. The van der Waals surface area contributed by atoms with Crippen molar-refractivity contribution in [3.05, 3.63) is 50.7 Å². The van der Waals surface area contributed by atoms with Crippen molar-refractivity contribution in [3.8, 4) is 0 Å². The van der Waals surface area contributed by atoms with Crippen LogP contribution in [0.2, 0.25) is 5.02 Å². The number of aromatic nitrogens is 2. The lowest BCUT2D eigenvalue weighted by molar-refractivity contribution is 0.529. The molecule has 0 aliphatic rings. The summed E-state index contributed by atoms with van der Waals surface area (Å²) in [4.78, 5) is 0. The summed E-state index contributed by atoms with van der Waals surface area (Å²) in [6.45, 7) is 2.09. The average molecular weight is 358 g/mol. The second kappa shape index (κ2) is 6.72. The molecule has 6 heteroatoms. The Kier molecular flexibility index (Phi) is 5.21. The molecule has 1 heterocycles. The number of halogens is 2. The van der Waals surface area contributed by atoms with Gasteiger partial charge in [0.05, 0.1) is 21.9 Å². The number of nitrogens with two attached hydrogens (primary N) is 1. The molecule has 0 radical (unpaired) electrons. The summed E-state index contributed by atoms with van der Waals surface area (Å²) in [5, 5.41) is 5.21. The van der Waals surface area contributed by atoms with Crippen molar-refractivity contribution in [2.75, 3.05) is 0 Å². The zero-order chi connectivity index (χ0) is 14.7. The van der Waals surface area contributed by atoms with Crippen LogP contribution in [0.5, 0.6) is 0 Å². The van der Waals surface area contributed by atoms with Crippen molar-refractivity contribution in [3.63, 3.8) is 0 Å². The molecule has 0 aliphatic carbocycles. The molecule has 0 amide bonds. The van der Waals surface area contributed by atoms with Gasteiger partial charge in [0, 0.05) is 18.5 Å². The monoisotopic (exact) mass is 356 g/mol. The number of benzene rings is 1. The van der Waals surface area contributed by atoms with Gasteiger partial charge in [-0.25, -0.2) is 0 Å². The lowest BCUT2D eigenvalue weighted by Crippen LogP contribution is -2.30. The van der Waals surface area contributed by atoms with E-state index in [1.54, 1.807) is 0 Å². The van der Waals surface area contributed by atoms with Crippen LogP contribution in [0.1, 0.15) is 29.9 Å². The number of rotatable bonds is 5. The molecule has 0 saturated carbocycles. The molecular weight excluding hydrogens is 340 g/mol.